The Morgan fingerprint density at radius 1 is 1.53 bits per heavy atom. The zero-order valence-electron chi connectivity index (χ0n) is 9.64. The summed E-state index contributed by atoms with van der Waals surface area (Å²) >= 11 is 0. The summed E-state index contributed by atoms with van der Waals surface area (Å²) in [6, 6.07) is 0. The summed E-state index contributed by atoms with van der Waals surface area (Å²) in [5.41, 5.74) is 4.09. The highest BCUT2D eigenvalue weighted by atomic mass is 16.5. The molecule has 0 heterocycles. The molecule has 0 unspecified atom stereocenters. The van der Waals surface area contributed by atoms with Crippen LogP contribution < -0.4 is 5.48 Å². The lowest BCUT2D eigenvalue weighted by Gasteiger charge is -2.29. The summed E-state index contributed by atoms with van der Waals surface area (Å²) in [6.07, 6.45) is 1.91. The predicted octanol–water partition coefficient (Wildman–Crippen LogP) is 2.35. The normalized spacial score (nSPS) is 23.7. The fraction of sp³-hybridized carbons (Fsp3) is 0.417. The third-order valence-corrected chi connectivity index (χ3v) is 2.71. The van der Waals surface area contributed by atoms with E-state index in [0.29, 0.717) is 16.8 Å². The Labute approximate surface area is 90.1 Å². The maximum absolute atomic E-state index is 12.1. The van der Waals surface area contributed by atoms with Crippen molar-refractivity contribution >= 4 is 5.78 Å². The molecule has 0 aromatic heterocycles. The average molecular weight is 207 g/mol. The van der Waals surface area contributed by atoms with E-state index in [4.69, 9.17) is 5.21 Å². The van der Waals surface area contributed by atoms with Crippen LogP contribution in [0.1, 0.15) is 27.7 Å². The van der Waals surface area contributed by atoms with E-state index < -0.39 is 5.41 Å². The van der Waals surface area contributed by atoms with Crippen molar-refractivity contribution in [3.8, 4) is 0 Å². The van der Waals surface area contributed by atoms with Crippen LogP contribution in [0.25, 0.3) is 0 Å². The van der Waals surface area contributed by atoms with Crippen LogP contribution in [0.2, 0.25) is 0 Å². The molecule has 82 valence electrons. The van der Waals surface area contributed by atoms with Gasteiger partial charge in [-0.15, -0.1) is 0 Å². The van der Waals surface area contributed by atoms with E-state index >= 15 is 0 Å². The van der Waals surface area contributed by atoms with Crippen LogP contribution in [0.5, 0.6) is 0 Å². The first-order valence-electron chi connectivity index (χ1n) is 4.86. The van der Waals surface area contributed by atoms with Gasteiger partial charge in [-0.05, 0) is 38.8 Å². The Morgan fingerprint density at radius 2 is 2.07 bits per heavy atom. The number of hydrogen-bond donors (Lipinski definition) is 2. The van der Waals surface area contributed by atoms with Gasteiger partial charge >= 0.3 is 0 Å². The van der Waals surface area contributed by atoms with Crippen LogP contribution in [0.4, 0.5) is 0 Å². The van der Waals surface area contributed by atoms with Crippen molar-refractivity contribution in [1.82, 2.24) is 5.48 Å². The van der Waals surface area contributed by atoms with Gasteiger partial charge in [0.05, 0.1) is 0 Å². The van der Waals surface area contributed by atoms with Crippen molar-refractivity contribution < 1.29 is 10.0 Å². The van der Waals surface area contributed by atoms with Crippen LogP contribution in [0.3, 0.4) is 0 Å². The average Bonchev–Trinajstić information content (AvgIpc) is 2.14. The van der Waals surface area contributed by atoms with Gasteiger partial charge in [0, 0.05) is 16.7 Å². The molecule has 1 aliphatic rings. The zero-order chi connectivity index (χ0) is 11.8. The molecule has 15 heavy (non-hydrogen) atoms. The quantitative estimate of drug-likeness (QED) is 0.512. The Balaban J connectivity index is 3.40. The maximum Gasteiger partial charge on any atom is 0.174 e. The van der Waals surface area contributed by atoms with Crippen molar-refractivity contribution in [2.45, 2.75) is 27.7 Å². The van der Waals surface area contributed by atoms with Gasteiger partial charge < -0.3 is 0 Å². The van der Waals surface area contributed by atoms with Gasteiger partial charge in [-0.1, -0.05) is 12.7 Å². The van der Waals surface area contributed by atoms with E-state index in [1.54, 1.807) is 6.92 Å². The van der Waals surface area contributed by atoms with Crippen LogP contribution >= 0.6 is 0 Å². The van der Waals surface area contributed by atoms with Gasteiger partial charge in [-0.25, -0.2) is 0 Å². The molecule has 0 fully saturated rings. The zero-order valence-corrected chi connectivity index (χ0v) is 9.64. The van der Waals surface area contributed by atoms with Crippen LogP contribution in [0.15, 0.2) is 35.1 Å². The van der Waals surface area contributed by atoms with E-state index in [9.17, 15) is 4.79 Å². The highest BCUT2D eigenvalue weighted by Gasteiger charge is 2.35. The Hall–Kier alpha value is -1.35. The van der Waals surface area contributed by atoms with E-state index in [1.807, 2.05) is 32.3 Å². The third-order valence-electron chi connectivity index (χ3n) is 2.71. The first kappa shape index (κ1) is 11.7. The number of ketones is 1. The standard InChI is InChI=1S/C12H17NO2/c1-7-6-12(4,5)11(14)10(8(7)2)9(3)13-15/h6,13,15H,2H2,1,3-5H3. The lowest BCUT2D eigenvalue weighted by Crippen LogP contribution is -2.31. The van der Waals surface area contributed by atoms with Crippen molar-refractivity contribution in [1.29, 1.82) is 0 Å². The third kappa shape index (κ3) is 1.88. The lowest BCUT2D eigenvalue weighted by molar-refractivity contribution is -0.121. The number of carbonyl (C=O) groups is 1. The molecule has 3 heteroatoms. The summed E-state index contributed by atoms with van der Waals surface area (Å²) in [5.74, 6) is -0.0165. The number of hydroxylamine groups is 1. The maximum atomic E-state index is 12.1. The molecular weight excluding hydrogens is 190 g/mol. The summed E-state index contributed by atoms with van der Waals surface area (Å²) in [5, 5.41) is 8.86. The van der Waals surface area contributed by atoms with Crippen LogP contribution in [0, 0.1) is 5.41 Å². The fourth-order valence-electron chi connectivity index (χ4n) is 1.80. The summed E-state index contributed by atoms with van der Waals surface area (Å²) in [6.45, 7) is 11.2. The van der Waals surface area contributed by atoms with Crippen molar-refractivity contribution in [3.63, 3.8) is 0 Å². The fourth-order valence-corrected chi connectivity index (χ4v) is 1.80. The molecule has 0 aliphatic heterocycles. The van der Waals surface area contributed by atoms with Crippen molar-refractivity contribution in [2.24, 2.45) is 5.41 Å². The predicted molar refractivity (Wildman–Crippen MR) is 59.3 cm³/mol. The number of hydrogen-bond acceptors (Lipinski definition) is 3. The second-order valence-corrected chi connectivity index (χ2v) is 4.47. The van der Waals surface area contributed by atoms with Gasteiger partial charge in [-0.2, -0.15) is 0 Å². The Morgan fingerprint density at radius 3 is 2.53 bits per heavy atom. The molecule has 0 aromatic carbocycles. The Bertz CT molecular complexity index is 386. The molecule has 0 saturated carbocycles. The molecule has 0 amide bonds. The number of Topliss-reactive ketones (excluding diaryl/α,β-unsaturated/α-hetero) is 1. The smallest absolute Gasteiger partial charge is 0.174 e. The molecule has 3 nitrogen and oxygen atoms in total. The minimum Gasteiger partial charge on any atom is -0.293 e. The molecule has 0 radical (unpaired) electrons. The summed E-state index contributed by atoms with van der Waals surface area (Å²) in [7, 11) is 0. The Kier molecular flexibility index (Phi) is 2.86. The molecule has 0 saturated heterocycles. The molecule has 1 rings (SSSR count). The molecule has 0 atom stereocenters. The van der Waals surface area contributed by atoms with Crippen LogP contribution in [-0.4, -0.2) is 11.0 Å². The SMILES string of the molecule is C=C1C(C)=CC(C)(C)C(=O)C1=C(C)NO. The van der Waals surface area contributed by atoms with Gasteiger partial charge in [0.25, 0.3) is 0 Å². The van der Waals surface area contributed by atoms with Gasteiger partial charge in [-0.3, -0.25) is 15.5 Å². The van der Waals surface area contributed by atoms with Crippen molar-refractivity contribution in [3.05, 3.63) is 35.1 Å². The van der Waals surface area contributed by atoms with Crippen molar-refractivity contribution in [2.75, 3.05) is 0 Å². The number of allylic oxidation sites excluding steroid dienone is 5. The summed E-state index contributed by atoms with van der Waals surface area (Å²) < 4.78 is 0. The molecule has 1 aliphatic carbocycles. The minimum atomic E-state index is -0.529. The number of carbonyl (C=O) groups excluding carboxylic acids is 1. The minimum absolute atomic E-state index is 0.0165. The van der Waals surface area contributed by atoms with Crippen LogP contribution in [-0.2, 0) is 4.79 Å². The van der Waals surface area contributed by atoms with Gasteiger partial charge in [0.1, 0.15) is 0 Å². The molecule has 2 N–H and O–H groups in total. The monoisotopic (exact) mass is 207 g/mol. The highest BCUT2D eigenvalue weighted by molar-refractivity contribution is 6.07. The van der Waals surface area contributed by atoms with E-state index in [-0.39, 0.29) is 5.78 Å². The number of rotatable bonds is 1. The molecule has 0 spiro atoms. The number of nitrogens with one attached hydrogen (secondary N) is 1. The molecular formula is C12H17NO2. The van der Waals surface area contributed by atoms with E-state index in [1.165, 1.54) is 0 Å². The molecule has 0 aromatic rings. The second-order valence-electron chi connectivity index (χ2n) is 4.47. The summed E-state index contributed by atoms with van der Waals surface area (Å²) in [4.78, 5) is 12.1. The van der Waals surface area contributed by atoms with Gasteiger partial charge in [0.2, 0.25) is 0 Å². The van der Waals surface area contributed by atoms with E-state index in [2.05, 4.69) is 6.58 Å². The highest BCUT2D eigenvalue weighted by Crippen LogP contribution is 2.36. The molecule has 0 bridgehead atoms. The van der Waals surface area contributed by atoms with Gasteiger partial charge in [0.15, 0.2) is 5.78 Å². The largest absolute Gasteiger partial charge is 0.293 e. The first-order valence-corrected chi connectivity index (χ1v) is 4.86. The lowest BCUT2D eigenvalue weighted by atomic mass is 9.73. The first-order chi connectivity index (χ1) is 6.81. The van der Waals surface area contributed by atoms with E-state index in [0.717, 1.165) is 5.57 Å². The topological polar surface area (TPSA) is 49.3 Å². The second kappa shape index (κ2) is 3.66.